The fourth-order valence-corrected chi connectivity index (χ4v) is 3.16. The van der Waals surface area contributed by atoms with Crippen molar-refractivity contribution in [2.75, 3.05) is 33.8 Å². The first-order valence-electron chi connectivity index (χ1n) is 8.88. The molecule has 2 N–H and O–H groups in total. The number of rotatable bonds is 6. The largest absolute Gasteiger partial charge is 0.496 e. The molecule has 1 saturated heterocycles. The summed E-state index contributed by atoms with van der Waals surface area (Å²) in [4.78, 5) is 6.92. The van der Waals surface area contributed by atoms with Crippen LogP contribution in [0.4, 0.5) is 0 Å². The van der Waals surface area contributed by atoms with Crippen LogP contribution in [0.25, 0.3) is 0 Å². The maximum absolute atomic E-state index is 5.40. The highest BCUT2D eigenvalue weighted by atomic mass is 127. The standard InChI is InChI=1S/C19H32N4O.HI/c1-19(2,23-12-8-5-9-13-23)15-22-18(20-3)21-14-16-10-6-7-11-17(16)24-4;/h6-7,10-11H,5,8-9,12-15H2,1-4H3,(H2,20,21,22);1H. The van der Waals surface area contributed by atoms with Gasteiger partial charge in [-0.1, -0.05) is 24.6 Å². The molecule has 0 aliphatic carbocycles. The summed E-state index contributed by atoms with van der Waals surface area (Å²) in [6.45, 7) is 8.56. The van der Waals surface area contributed by atoms with Gasteiger partial charge in [0.05, 0.1) is 7.11 Å². The highest BCUT2D eigenvalue weighted by molar-refractivity contribution is 14.0. The number of likely N-dealkylation sites (tertiary alicyclic amines) is 1. The first kappa shape index (κ1) is 22.0. The fourth-order valence-electron chi connectivity index (χ4n) is 3.16. The molecule has 1 aliphatic rings. The van der Waals surface area contributed by atoms with E-state index in [9.17, 15) is 0 Å². The maximum Gasteiger partial charge on any atom is 0.191 e. The van der Waals surface area contributed by atoms with Crippen molar-refractivity contribution in [3.8, 4) is 5.75 Å². The number of piperidine rings is 1. The van der Waals surface area contributed by atoms with Crippen LogP contribution in [0.1, 0.15) is 38.7 Å². The molecule has 1 heterocycles. The van der Waals surface area contributed by atoms with Gasteiger partial charge < -0.3 is 15.4 Å². The predicted octanol–water partition coefficient (Wildman–Crippen LogP) is 3.24. The van der Waals surface area contributed by atoms with Crippen LogP contribution in [0.5, 0.6) is 5.75 Å². The van der Waals surface area contributed by atoms with Gasteiger partial charge in [0.2, 0.25) is 0 Å². The van der Waals surface area contributed by atoms with Crippen LogP contribution >= 0.6 is 24.0 Å². The van der Waals surface area contributed by atoms with E-state index in [0.717, 1.165) is 23.8 Å². The van der Waals surface area contributed by atoms with Gasteiger partial charge >= 0.3 is 0 Å². The van der Waals surface area contributed by atoms with Crippen molar-refractivity contribution >= 4 is 29.9 Å². The van der Waals surface area contributed by atoms with E-state index in [0.29, 0.717) is 6.54 Å². The molecule has 1 aromatic rings. The minimum absolute atomic E-state index is 0. The Hall–Kier alpha value is -1.02. The van der Waals surface area contributed by atoms with E-state index in [-0.39, 0.29) is 29.5 Å². The molecule has 0 radical (unpaired) electrons. The second-order valence-electron chi connectivity index (χ2n) is 6.95. The number of benzene rings is 1. The molecule has 25 heavy (non-hydrogen) atoms. The number of ether oxygens (including phenoxy) is 1. The van der Waals surface area contributed by atoms with Crippen LogP contribution in [-0.4, -0.2) is 50.2 Å². The van der Waals surface area contributed by atoms with Gasteiger partial charge in [0.25, 0.3) is 0 Å². The van der Waals surface area contributed by atoms with Crippen molar-refractivity contribution in [2.24, 2.45) is 4.99 Å². The second-order valence-corrected chi connectivity index (χ2v) is 6.95. The summed E-state index contributed by atoms with van der Waals surface area (Å²) < 4.78 is 5.40. The van der Waals surface area contributed by atoms with Gasteiger partial charge in [-0.15, -0.1) is 24.0 Å². The Morgan fingerprint density at radius 1 is 1.16 bits per heavy atom. The van der Waals surface area contributed by atoms with Crippen molar-refractivity contribution in [3.63, 3.8) is 0 Å². The zero-order valence-electron chi connectivity index (χ0n) is 16.0. The number of hydrogen-bond acceptors (Lipinski definition) is 3. The number of guanidine groups is 1. The van der Waals surface area contributed by atoms with Gasteiger partial charge in [-0.25, -0.2) is 0 Å². The van der Waals surface area contributed by atoms with E-state index in [1.165, 1.54) is 32.4 Å². The quantitative estimate of drug-likeness (QED) is 0.389. The summed E-state index contributed by atoms with van der Waals surface area (Å²) in [6, 6.07) is 8.05. The lowest BCUT2D eigenvalue weighted by Gasteiger charge is -2.41. The van der Waals surface area contributed by atoms with Crippen molar-refractivity contribution < 1.29 is 4.74 Å². The number of nitrogens with zero attached hydrogens (tertiary/aromatic N) is 2. The molecule has 1 aromatic carbocycles. The highest BCUT2D eigenvalue weighted by Gasteiger charge is 2.27. The number of halogens is 1. The molecule has 0 atom stereocenters. The Morgan fingerprint density at radius 3 is 2.48 bits per heavy atom. The molecule has 1 aliphatic heterocycles. The molecule has 5 nitrogen and oxygen atoms in total. The Kier molecular flexibility index (Phi) is 9.56. The molecule has 2 rings (SSSR count). The second kappa shape index (κ2) is 10.9. The molecular weight excluding hydrogens is 427 g/mol. The topological polar surface area (TPSA) is 48.9 Å². The fraction of sp³-hybridized carbons (Fsp3) is 0.632. The zero-order chi connectivity index (χ0) is 17.4. The highest BCUT2D eigenvalue weighted by Crippen LogP contribution is 2.20. The molecular formula is C19H33IN4O. The molecule has 1 fully saturated rings. The van der Waals surface area contributed by atoms with E-state index in [1.54, 1.807) is 7.11 Å². The van der Waals surface area contributed by atoms with Gasteiger partial charge in [-0.3, -0.25) is 9.89 Å². The summed E-state index contributed by atoms with van der Waals surface area (Å²) in [5.74, 6) is 1.72. The van der Waals surface area contributed by atoms with E-state index in [1.807, 2.05) is 25.2 Å². The van der Waals surface area contributed by atoms with E-state index < -0.39 is 0 Å². The first-order chi connectivity index (χ1) is 11.6. The first-order valence-corrected chi connectivity index (χ1v) is 8.88. The lowest BCUT2D eigenvalue weighted by molar-refractivity contribution is 0.0982. The number of aliphatic imine (C=N–C) groups is 1. The normalized spacial score (nSPS) is 16.1. The van der Waals surface area contributed by atoms with Crippen molar-refractivity contribution in [3.05, 3.63) is 29.8 Å². The Labute approximate surface area is 169 Å². The van der Waals surface area contributed by atoms with Gasteiger partial charge in [0.15, 0.2) is 5.96 Å². The summed E-state index contributed by atoms with van der Waals surface area (Å²) in [7, 11) is 3.51. The maximum atomic E-state index is 5.40. The molecule has 0 unspecified atom stereocenters. The predicted molar refractivity (Wildman–Crippen MR) is 116 cm³/mol. The van der Waals surface area contributed by atoms with Crippen LogP contribution in [0.15, 0.2) is 29.3 Å². The molecule has 0 amide bonds. The number of methoxy groups -OCH3 is 1. The van der Waals surface area contributed by atoms with Crippen LogP contribution < -0.4 is 15.4 Å². The number of hydrogen-bond donors (Lipinski definition) is 2. The molecule has 0 spiro atoms. The van der Waals surface area contributed by atoms with Crippen LogP contribution in [-0.2, 0) is 6.54 Å². The minimum Gasteiger partial charge on any atom is -0.496 e. The molecule has 0 saturated carbocycles. The van der Waals surface area contributed by atoms with E-state index in [2.05, 4.69) is 40.4 Å². The van der Waals surface area contributed by atoms with Gasteiger partial charge in [0, 0.05) is 31.2 Å². The van der Waals surface area contributed by atoms with Gasteiger partial charge in [-0.05, 0) is 45.8 Å². The Morgan fingerprint density at radius 2 is 1.84 bits per heavy atom. The van der Waals surface area contributed by atoms with Crippen LogP contribution in [0.2, 0.25) is 0 Å². The monoisotopic (exact) mass is 460 g/mol. The zero-order valence-corrected chi connectivity index (χ0v) is 18.3. The van der Waals surface area contributed by atoms with Crippen molar-refractivity contribution in [1.82, 2.24) is 15.5 Å². The molecule has 142 valence electrons. The average Bonchev–Trinajstić information content (AvgIpc) is 2.63. The van der Waals surface area contributed by atoms with E-state index in [4.69, 9.17) is 4.74 Å². The minimum atomic E-state index is 0. The summed E-state index contributed by atoms with van der Waals surface area (Å²) in [5.41, 5.74) is 1.25. The molecule has 0 bridgehead atoms. The van der Waals surface area contributed by atoms with Gasteiger partial charge in [-0.2, -0.15) is 0 Å². The summed E-state index contributed by atoms with van der Waals surface area (Å²) in [6.07, 6.45) is 3.98. The number of nitrogens with one attached hydrogen (secondary N) is 2. The van der Waals surface area contributed by atoms with Gasteiger partial charge in [0.1, 0.15) is 5.75 Å². The summed E-state index contributed by atoms with van der Waals surface area (Å²) in [5, 5.41) is 6.85. The third kappa shape index (κ3) is 6.66. The summed E-state index contributed by atoms with van der Waals surface area (Å²) >= 11 is 0. The van der Waals surface area contributed by atoms with E-state index >= 15 is 0 Å². The van der Waals surface area contributed by atoms with Crippen LogP contribution in [0, 0.1) is 0 Å². The van der Waals surface area contributed by atoms with Crippen LogP contribution in [0.3, 0.4) is 0 Å². The molecule has 6 heteroatoms. The average molecular weight is 460 g/mol. The third-order valence-electron chi connectivity index (χ3n) is 4.76. The lowest BCUT2D eigenvalue weighted by Crippen LogP contribution is -2.54. The SMILES string of the molecule is CN=C(NCc1ccccc1OC)NCC(C)(C)N1CCCCC1.I. The Bertz CT molecular complexity index is 542. The Balaban J connectivity index is 0.00000312. The third-order valence-corrected chi connectivity index (χ3v) is 4.76. The van der Waals surface area contributed by atoms with Crippen molar-refractivity contribution in [1.29, 1.82) is 0 Å². The van der Waals surface area contributed by atoms with Crippen molar-refractivity contribution in [2.45, 2.75) is 45.2 Å². The molecule has 0 aromatic heterocycles. The lowest BCUT2D eigenvalue weighted by atomic mass is 9.98. The number of para-hydroxylation sites is 1. The smallest absolute Gasteiger partial charge is 0.191 e.